The monoisotopic (exact) mass is 425 g/mol. The number of hydrogen-bond donors (Lipinski definition) is 2. The zero-order valence-electron chi connectivity index (χ0n) is 19.2. The maximum Gasteiger partial charge on any atom is 0.222 e. The third-order valence-electron chi connectivity index (χ3n) is 5.35. The summed E-state index contributed by atoms with van der Waals surface area (Å²) in [4.78, 5) is 23.4. The highest BCUT2D eigenvalue weighted by Gasteiger charge is 2.20. The molecule has 0 spiro atoms. The first kappa shape index (κ1) is 22.8. The van der Waals surface area contributed by atoms with Crippen molar-refractivity contribution in [2.75, 3.05) is 19.6 Å². The lowest BCUT2D eigenvalue weighted by Gasteiger charge is -2.29. The van der Waals surface area contributed by atoms with E-state index in [0.717, 1.165) is 38.2 Å². The molecule has 1 aromatic carbocycles. The van der Waals surface area contributed by atoms with Crippen molar-refractivity contribution >= 4 is 11.9 Å². The van der Waals surface area contributed by atoms with Crippen LogP contribution in [0, 0.1) is 0 Å². The number of aromatic nitrogens is 1. The molecule has 1 aromatic heterocycles. The van der Waals surface area contributed by atoms with E-state index in [-0.39, 0.29) is 11.3 Å². The van der Waals surface area contributed by atoms with Gasteiger partial charge in [0.25, 0.3) is 0 Å². The first-order valence-electron chi connectivity index (χ1n) is 11.2. The van der Waals surface area contributed by atoms with Gasteiger partial charge < -0.3 is 20.0 Å². The molecular weight excluding hydrogens is 390 g/mol. The minimum atomic E-state index is -0.0688. The van der Waals surface area contributed by atoms with Gasteiger partial charge in [0.05, 0.1) is 6.20 Å². The molecule has 7 heteroatoms. The van der Waals surface area contributed by atoms with Crippen molar-refractivity contribution in [3.63, 3.8) is 0 Å². The molecule has 1 amide bonds. The topological polar surface area (TPSA) is 82.8 Å². The molecule has 31 heavy (non-hydrogen) atoms. The number of fused-ring (bicyclic) bond motifs is 1. The number of carbonyl (C=O) groups is 1. The quantitative estimate of drug-likeness (QED) is 0.404. The van der Waals surface area contributed by atoms with Gasteiger partial charge >= 0.3 is 0 Å². The SMILES string of the molecule is CCNC(=NCc1ncc(C(C)(C)C)o1)NCCCC(=O)N1CCc2ccccc2C1. The lowest BCUT2D eigenvalue weighted by molar-refractivity contribution is -0.132. The van der Waals surface area contributed by atoms with E-state index < -0.39 is 0 Å². The Morgan fingerprint density at radius 2 is 2.00 bits per heavy atom. The molecule has 1 aliphatic heterocycles. The summed E-state index contributed by atoms with van der Waals surface area (Å²) in [7, 11) is 0. The molecule has 0 radical (unpaired) electrons. The Hall–Kier alpha value is -2.83. The lowest BCUT2D eigenvalue weighted by Crippen LogP contribution is -2.39. The summed E-state index contributed by atoms with van der Waals surface area (Å²) in [6, 6.07) is 8.38. The van der Waals surface area contributed by atoms with Crippen LogP contribution in [0.15, 0.2) is 39.9 Å². The molecule has 2 heterocycles. The van der Waals surface area contributed by atoms with Crippen LogP contribution in [0.25, 0.3) is 0 Å². The molecule has 0 saturated heterocycles. The van der Waals surface area contributed by atoms with Gasteiger partial charge in [-0.15, -0.1) is 0 Å². The fourth-order valence-electron chi connectivity index (χ4n) is 3.53. The molecule has 0 saturated carbocycles. The van der Waals surface area contributed by atoms with E-state index in [1.54, 1.807) is 6.20 Å². The third kappa shape index (κ3) is 6.57. The fraction of sp³-hybridized carbons (Fsp3) is 0.542. The largest absolute Gasteiger partial charge is 0.443 e. The number of oxazole rings is 1. The number of aliphatic imine (C=N–C) groups is 1. The summed E-state index contributed by atoms with van der Waals surface area (Å²) < 4.78 is 5.80. The Bertz CT molecular complexity index is 897. The van der Waals surface area contributed by atoms with Crippen LogP contribution < -0.4 is 10.6 Å². The van der Waals surface area contributed by atoms with Crippen LogP contribution in [0.2, 0.25) is 0 Å². The first-order chi connectivity index (χ1) is 14.9. The average Bonchev–Trinajstić information content (AvgIpc) is 3.24. The van der Waals surface area contributed by atoms with E-state index in [9.17, 15) is 4.79 Å². The molecule has 1 aliphatic rings. The summed E-state index contributed by atoms with van der Waals surface area (Å²) in [5.74, 6) is 2.38. The van der Waals surface area contributed by atoms with Crippen molar-refractivity contribution in [3.8, 4) is 0 Å². The standard InChI is InChI=1S/C24H35N5O2/c1-5-25-23(28-16-21-27-15-20(31-21)24(2,3)4)26-13-8-11-22(30)29-14-12-18-9-6-7-10-19(18)17-29/h6-7,9-10,15H,5,8,11-14,16-17H2,1-4H3,(H2,25,26,28). The van der Waals surface area contributed by atoms with Crippen LogP contribution in [0.3, 0.4) is 0 Å². The molecule has 3 rings (SSSR count). The van der Waals surface area contributed by atoms with Crippen molar-refractivity contribution in [3.05, 3.63) is 53.2 Å². The Labute approximate surface area is 185 Å². The van der Waals surface area contributed by atoms with E-state index in [0.29, 0.717) is 31.4 Å². The second-order valence-electron chi connectivity index (χ2n) is 8.93. The van der Waals surface area contributed by atoms with Gasteiger partial charge in [-0.2, -0.15) is 0 Å². The van der Waals surface area contributed by atoms with E-state index in [4.69, 9.17) is 4.42 Å². The predicted molar refractivity (Wildman–Crippen MR) is 123 cm³/mol. The molecule has 0 unspecified atom stereocenters. The maximum atomic E-state index is 12.6. The molecule has 168 valence electrons. The second kappa shape index (κ2) is 10.5. The van der Waals surface area contributed by atoms with Crippen LogP contribution in [0.1, 0.15) is 63.3 Å². The van der Waals surface area contributed by atoms with Crippen LogP contribution in [-0.4, -0.2) is 41.4 Å². The Balaban J connectivity index is 1.43. The lowest BCUT2D eigenvalue weighted by atomic mass is 9.94. The number of nitrogens with one attached hydrogen (secondary N) is 2. The van der Waals surface area contributed by atoms with Gasteiger partial charge in [-0.3, -0.25) is 4.79 Å². The molecule has 0 atom stereocenters. The summed E-state index contributed by atoms with van der Waals surface area (Å²) >= 11 is 0. The highest BCUT2D eigenvalue weighted by atomic mass is 16.4. The normalized spacial score (nSPS) is 14.3. The fourth-order valence-corrected chi connectivity index (χ4v) is 3.53. The van der Waals surface area contributed by atoms with Crippen LogP contribution >= 0.6 is 0 Å². The zero-order valence-corrected chi connectivity index (χ0v) is 19.2. The van der Waals surface area contributed by atoms with Crippen LogP contribution in [0.5, 0.6) is 0 Å². The van der Waals surface area contributed by atoms with Crippen molar-refractivity contribution < 1.29 is 9.21 Å². The molecule has 0 bridgehead atoms. The third-order valence-corrected chi connectivity index (χ3v) is 5.35. The van der Waals surface area contributed by atoms with E-state index in [1.165, 1.54) is 11.1 Å². The number of hydrogen-bond acceptors (Lipinski definition) is 4. The van der Waals surface area contributed by atoms with Gasteiger partial charge in [0, 0.05) is 38.0 Å². The minimum absolute atomic E-state index is 0.0688. The van der Waals surface area contributed by atoms with Gasteiger partial charge in [0.1, 0.15) is 12.3 Å². The number of nitrogens with zero attached hydrogens (tertiary/aromatic N) is 3. The predicted octanol–water partition coefficient (Wildman–Crippen LogP) is 3.39. The molecule has 2 N–H and O–H groups in total. The maximum absolute atomic E-state index is 12.6. The van der Waals surface area contributed by atoms with Crippen LogP contribution in [0.4, 0.5) is 0 Å². The highest BCUT2D eigenvalue weighted by Crippen LogP contribution is 2.23. The summed E-state index contributed by atoms with van der Waals surface area (Å²) in [6.45, 7) is 11.6. The molecule has 2 aromatic rings. The van der Waals surface area contributed by atoms with Gasteiger partial charge in [-0.25, -0.2) is 9.98 Å². The van der Waals surface area contributed by atoms with Gasteiger partial charge in [0.2, 0.25) is 11.8 Å². The second-order valence-corrected chi connectivity index (χ2v) is 8.93. The number of rotatable bonds is 7. The van der Waals surface area contributed by atoms with Crippen molar-refractivity contribution in [1.29, 1.82) is 0 Å². The number of guanidine groups is 1. The number of benzene rings is 1. The molecule has 7 nitrogen and oxygen atoms in total. The summed E-state index contributed by atoms with van der Waals surface area (Å²) in [5, 5.41) is 6.53. The van der Waals surface area contributed by atoms with E-state index in [1.807, 2.05) is 17.9 Å². The molecular formula is C24H35N5O2. The average molecular weight is 426 g/mol. The van der Waals surface area contributed by atoms with Gasteiger partial charge in [-0.1, -0.05) is 45.0 Å². The van der Waals surface area contributed by atoms with E-state index >= 15 is 0 Å². The minimum Gasteiger partial charge on any atom is -0.443 e. The molecule has 0 fully saturated rings. The van der Waals surface area contributed by atoms with Gasteiger partial charge in [-0.05, 0) is 30.9 Å². The van der Waals surface area contributed by atoms with Crippen LogP contribution in [-0.2, 0) is 29.7 Å². The van der Waals surface area contributed by atoms with Crippen molar-refractivity contribution in [2.45, 2.75) is 65.5 Å². The Morgan fingerprint density at radius 1 is 1.23 bits per heavy atom. The number of amides is 1. The summed E-state index contributed by atoms with van der Waals surface area (Å²) in [6.07, 6.45) is 4.00. The molecule has 0 aliphatic carbocycles. The Morgan fingerprint density at radius 3 is 2.71 bits per heavy atom. The van der Waals surface area contributed by atoms with Crippen molar-refractivity contribution in [1.82, 2.24) is 20.5 Å². The summed E-state index contributed by atoms with van der Waals surface area (Å²) in [5.41, 5.74) is 2.56. The van der Waals surface area contributed by atoms with Gasteiger partial charge in [0.15, 0.2) is 5.96 Å². The van der Waals surface area contributed by atoms with Crippen molar-refractivity contribution in [2.24, 2.45) is 4.99 Å². The number of carbonyl (C=O) groups excluding carboxylic acids is 1. The Kier molecular flexibility index (Phi) is 7.71. The zero-order chi connectivity index (χ0) is 22.3. The smallest absolute Gasteiger partial charge is 0.222 e. The van der Waals surface area contributed by atoms with E-state index in [2.05, 4.69) is 59.6 Å². The highest BCUT2D eigenvalue weighted by molar-refractivity contribution is 5.80. The first-order valence-corrected chi connectivity index (χ1v) is 11.2.